The minimum Gasteiger partial charge on any atom is -0.497 e. The third-order valence-electron chi connectivity index (χ3n) is 7.06. The molecule has 46 heavy (non-hydrogen) atoms. The second kappa shape index (κ2) is 14.5. The van der Waals surface area contributed by atoms with Crippen LogP contribution in [0.3, 0.4) is 0 Å². The van der Waals surface area contributed by atoms with Gasteiger partial charge in [-0.2, -0.15) is 4.80 Å². The molecular weight excluding hydrogens is 615 g/mol. The summed E-state index contributed by atoms with van der Waals surface area (Å²) < 4.78 is 29.5. The molecule has 5 rings (SSSR count). The number of methoxy groups -OCH3 is 3. The monoisotopic (exact) mass is 644 g/mol. The van der Waals surface area contributed by atoms with Crippen molar-refractivity contribution in [1.82, 2.24) is 25.5 Å². The van der Waals surface area contributed by atoms with Gasteiger partial charge in [-0.3, -0.25) is 14.5 Å². The van der Waals surface area contributed by atoms with Crippen LogP contribution in [0.15, 0.2) is 91.0 Å². The summed E-state index contributed by atoms with van der Waals surface area (Å²) >= 11 is 6.17. The topological polar surface area (TPSA) is 121 Å². The van der Waals surface area contributed by atoms with Crippen molar-refractivity contribution in [3.05, 3.63) is 113 Å². The number of amides is 2. The van der Waals surface area contributed by atoms with Crippen LogP contribution in [0.2, 0.25) is 5.02 Å². The second-order valence-electron chi connectivity index (χ2n) is 9.97. The van der Waals surface area contributed by atoms with Crippen LogP contribution in [0.4, 0.5) is 10.1 Å². The van der Waals surface area contributed by atoms with E-state index in [0.717, 1.165) is 4.80 Å². The van der Waals surface area contributed by atoms with Gasteiger partial charge in [0.15, 0.2) is 11.5 Å². The average Bonchev–Trinajstić information content (AvgIpc) is 3.55. The van der Waals surface area contributed by atoms with Crippen molar-refractivity contribution in [1.29, 1.82) is 0 Å². The molecule has 1 N–H and O–H groups in total. The number of carbonyl (C=O) groups is 2. The molecule has 1 atom stereocenters. The number of rotatable bonds is 12. The first-order chi connectivity index (χ1) is 22.3. The third-order valence-corrected chi connectivity index (χ3v) is 7.31. The number of hydrogen-bond donors (Lipinski definition) is 1. The van der Waals surface area contributed by atoms with Gasteiger partial charge in [-0.25, -0.2) is 4.39 Å². The fraction of sp³-hybridized carbons (Fsp3) is 0.182. The Morgan fingerprint density at radius 1 is 0.891 bits per heavy atom. The number of halogens is 2. The van der Waals surface area contributed by atoms with E-state index in [0.29, 0.717) is 44.6 Å². The highest BCUT2D eigenvalue weighted by Crippen LogP contribution is 2.32. The molecule has 2 amide bonds. The summed E-state index contributed by atoms with van der Waals surface area (Å²) in [5.41, 5.74) is 2.20. The summed E-state index contributed by atoms with van der Waals surface area (Å²) in [6.45, 7) is -0.241. The van der Waals surface area contributed by atoms with Gasteiger partial charge in [-0.1, -0.05) is 35.9 Å². The molecule has 1 heterocycles. The van der Waals surface area contributed by atoms with E-state index in [2.05, 4.69) is 20.7 Å². The molecule has 1 aromatic heterocycles. The second-order valence-corrected chi connectivity index (χ2v) is 10.4. The molecule has 0 fully saturated rings. The zero-order valence-electron chi connectivity index (χ0n) is 25.2. The Labute approximate surface area is 269 Å². The molecule has 236 valence electrons. The van der Waals surface area contributed by atoms with Gasteiger partial charge in [-0.15, -0.1) is 10.2 Å². The Hall–Kier alpha value is -5.49. The first-order valence-corrected chi connectivity index (χ1v) is 14.4. The number of hydrogen-bond acceptors (Lipinski definition) is 8. The lowest BCUT2D eigenvalue weighted by Gasteiger charge is -2.31. The van der Waals surface area contributed by atoms with Gasteiger partial charge in [0.2, 0.25) is 11.7 Å². The molecule has 0 saturated heterocycles. The normalized spacial score (nSPS) is 11.4. The number of nitrogens with zero attached hydrogens (tertiary/aromatic N) is 5. The molecule has 0 aliphatic heterocycles. The maximum absolute atomic E-state index is 14.2. The first kappa shape index (κ1) is 31.9. The van der Waals surface area contributed by atoms with E-state index in [-0.39, 0.29) is 24.7 Å². The fourth-order valence-corrected chi connectivity index (χ4v) is 4.85. The van der Waals surface area contributed by atoms with Crippen molar-refractivity contribution in [2.75, 3.05) is 26.2 Å². The highest BCUT2D eigenvalue weighted by Gasteiger charge is 2.33. The van der Waals surface area contributed by atoms with Crippen LogP contribution in [0.5, 0.6) is 17.2 Å². The van der Waals surface area contributed by atoms with E-state index in [1.54, 1.807) is 78.9 Å². The van der Waals surface area contributed by atoms with Crippen LogP contribution < -0.4 is 24.4 Å². The van der Waals surface area contributed by atoms with Gasteiger partial charge >= 0.3 is 0 Å². The molecule has 0 aliphatic rings. The maximum atomic E-state index is 14.2. The lowest BCUT2D eigenvalue weighted by atomic mass is 10.0. The molecule has 0 aliphatic carbocycles. The number of carbonyl (C=O) groups excluding carboxylic acids is 2. The summed E-state index contributed by atoms with van der Waals surface area (Å²) in [6.07, 6.45) is 0. The van der Waals surface area contributed by atoms with Crippen molar-refractivity contribution >= 4 is 29.1 Å². The number of nitrogens with one attached hydrogen (secondary N) is 1. The van der Waals surface area contributed by atoms with E-state index >= 15 is 0 Å². The summed E-state index contributed by atoms with van der Waals surface area (Å²) in [7, 11) is 4.58. The lowest BCUT2D eigenvalue weighted by Crippen LogP contribution is -2.45. The zero-order valence-corrected chi connectivity index (χ0v) is 25.9. The highest BCUT2D eigenvalue weighted by molar-refractivity contribution is 6.30. The van der Waals surface area contributed by atoms with Crippen LogP contribution in [-0.4, -0.2) is 53.4 Å². The highest BCUT2D eigenvalue weighted by atomic mass is 35.5. The van der Waals surface area contributed by atoms with E-state index in [1.807, 2.05) is 0 Å². The molecule has 5 aromatic rings. The quantitative estimate of drug-likeness (QED) is 0.196. The van der Waals surface area contributed by atoms with Crippen LogP contribution in [-0.2, 0) is 22.7 Å². The lowest BCUT2D eigenvalue weighted by molar-refractivity contribution is -0.127. The van der Waals surface area contributed by atoms with Crippen LogP contribution >= 0.6 is 11.6 Å². The maximum Gasteiger partial charge on any atom is 0.251 e. The van der Waals surface area contributed by atoms with Crippen molar-refractivity contribution in [2.24, 2.45) is 0 Å². The Morgan fingerprint density at radius 3 is 2.24 bits per heavy atom. The molecular formula is C33H30ClFN6O5. The fourth-order valence-electron chi connectivity index (χ4n) is 4.73. The minimum absolute atomic E-state index is 0.104. The summed E-state index contributed by atoms with van der Waals surface area (Å²) in [5.74, 6) is 0.479. The molecule has 0 bridgehead atoms. The number of anilines is 1. The largest absolute Gasteiger partial charge is 0.497 e. The zero-order chi connectivity index (χ0) is 32.6. The predicted octanol–water partition coefficient (Wildman–Crippen LogP) is 5.25. The summed E-state index contributed by atoms with van der Waals surface area (Å²) in [4.78, 5) is 30.6. The molecule has 0 unspecified atom stereocenters. The van der Waals surface area contributed by atoms with Gasteiger partial charge < -0.3 is 19.5 Å². The van der Waals surface area contributed by atoms with Gasteiger partial charge in [0.25, 0.3) is 5.91 Å². The smallest absolute Gasteiger partial charge is 0.251 e. The van der Waals surface area contributed by atoms with E-state index < -0.39 is 17.9 Å². The predicted molar refractivity (Wildman–Crippen MR) is 169 cm³/mol. The van der Waals surface area contributed by atoms with Crippen LogP contribution in [0, 0.1) is 5.82 Å². The van der Waals surface area contributed by atoms with Gasteiger partial charge in [0.05, 0.1) is 21.3 Å². The van der Waals surface area contributed by atoms with Crippen molar-refractivity contribution < 1.29 is 28.2 Å². The molecule has 0 spiro atoms. The molecule has 0 radical (unpaired) electrons. The molecule has 4 aromatic carbocycles. The van der Waals surface area contributed by atoms with E-state index in [9.17, 15) is 14.0 Å². The summed E-state index contributed by atoms with van der Waals surface area (Å²) in [6, 6.07) is 23.2. The van der Waals surface area contributed by atoms with E-state index in [1.165, 1.54) is 38.4 Å². The number of ether oxygens (including phenoxy) is 3. The first-order valence-electron chi connectivity index (χ1n) is 14.0. The standard InChI is InChI=1S/C33H30ClFN6O5/c1-44-27-15-13-26(14-16-27)41(30(42)20-40-38-32(37-39-40)23-8-17-28(45-2)29(18-23)46-3)31(22-6-9-24(34)10-7-22)33(43)36-19-21-4-11-25(35)12-5-21/h4-18,31H,19-20H2,1-3H3,(H,36,43)/t31-/m0/s1. The molecule has 13 heteroatoms. The SMILES string of the molecule is COc1ccc(N(C(=O)Cn2nnc(-c3ccc(OC)c(OC)c3)n2)[C@H](C(=O)NCc2ccc(F)cc2)c2ccc(Cl)cc2)cc1. The van der Waals surface area contributed by atoms with Crippen molar-refractivity contribution in [2.45, 2.75) is 19.1 Å². The van der Waals surface area contributed by atoms with Crippen molar-refractivity contribution in [3.8, 4) is 28.6 Å². The number of tetrazole rings is 1. The Balaban J connectivity index is 1.49. The Bertz CT molecular complexity index is 1800. The van der Waals surface area contributed by atoms with Crippen LogP contribution in [0.25, 0.3) is 11.4 Å². The Kier molecular flexibility index (Phi) is 10.1. The molecule has 0 saturated carbocycles. The van der Waals surface area contributed by atoms with Gasteiger partial charge in [-0.05, 0) is 83.1 Å². The van der Waals surface area contributed by atoms with E-state index in [4.69, 9.17) is 25.8 Å². The van der Waals surface area contributed by atoms with Gasteiger partial charge in [0.1, 0.15) is 24.2 Å². The minimum atomic E-state index is -1.13. The summed E-state index contributed by atoms with van der Waals surface area (Å²) in [5, 5.41) is 16.0. The van der Waals surface area contributed by atoms with Crippen LogP contribution in [0.1, 0.15) is 17.2 Å². The third kappa shape index (κ3) is 7.41. The Morgan fingerprint density at radius 2 is 1.59 bits per heavy atom. The van der Waals surface area contributed by atoms with Gasteiger partial charge in [0, 0.05) is 22.8 Å². The number of benzene rings is 4. The molecule has 11 nitrogen and oxygen atoms in total. The average molecular weight is 645 g/mol. The number of aromatic nitrogens is 4. The van der Waals surface area contributed by atoms with Crippen molar-refractivity contribution in [3.63, 3.8) is 0 Å².